The number of anilines is 1. The molecule has 2 aromatic carbocycles. The lowest BCUT2D eigenvalue weighted by Crippen LogP contribution is -2.52. The molecule has 0 saturated carbocycles. The lowest BCUT2D eigenvalue weighted by molar-refractivity contribution is -0.136. The molecule has 5 amide bonds. The van der Waals surface area contributed by atoms with E-state index in [0.29, 0.717) is 43.6 Å². The van der Waals surface area contributed by atoms with Crippen molar-refractivity contribution in [3.05, 3.63) is 80.3 Å². The molecule has 0 spiro atoms. The van der Waals surface area contributed by atoms with Crippen LogP contribution in [0.15, 0.2) is 36.5 Å². The number of likely N-dealkylation sites (tertiary alicyclic amines) is 1. The smallest absolute Gasteiger partial charge is 0.274 e. The van der Waals surface area contributed by atoms with Crippen molar-refractivity contribution in [2.45, 2.75) is 50.9 Å². The second-order valence-corrected chi connectivity index (χ2v) is 12.0. The van der Waals surface area contributed by atoms with Gasteiger partial charge in [-0.25, -0.2) is 4.39 Å². The molecule has 3 aromatic rings. The molecule has 0 aliphatic carbocycles. The van der Waals surface area contributed by atoms with Gasteiger partial charge in [0.2, 0.25) is 11.8 Å². The number of hydrogen-bond acceptors (Lipinski definition) is 7. The number of carbonyl (C=O) groups excluding carboxylic acids is 5. The number of aromatic nitrogens is 2. The minimum Gasteiger partial charge on any atom is -0.348 e. The SMILES string of the molecule is O=C1CCC(N2Cc3cc(CN4CCC(NC(=O)c5n[nH]cc5NC(=O)c5c(Cl)cccc5Cl)CC4)c(F)cc3C2=O)C(=O)N1. The van der Waals surface area contributed by atoms with Crippen LogP contribution in [-0.2, 0) is 22.7 Å². The average Bonchev–Trinajstić information content (AvgIpc) is 3.58. The number of amides is 5. The molecular formula is C30H28Cl2FN7O5. The van der Waals surface area contributed by atoms with Gasteiger partial charge in [0.1, 0.15) is 11.9 Å². The summed E-state index contributed by atoms with van der Waals surface area (Å²) in [6.07, 6.45) is 2.97. The Kier molecular flexibility index (Phi) is 8.58. The van der Waals surface area contributed by atoms with E-state index in [1.165, 1.54) is 29.3 Å². The zero-order valence-electron chi connectivity index (χ0n) is 23.8. The van der Waals surface area contributed by atoms with E-state index in [2.05, 4.69) is 31.0 Å². The molecule has 1 aromatic heterocycles. The van der Waals surface area contributed by atoms with Crippen molar-refractivity contribution in [1.29, 1.82) is 0 Å². The molecule has 12 nitrogen and oxygen atoms in total. The first-order valence-electron chi connectivity index (χ1n) is 14.4. The van der Waals surface area contributed by atoms with Crippen LogP contribution in [-0.4, -0.2) is 74.7 Å². The van der Waals surface area contributed by atoms with E-state index < -0.39 is 35.5 Å². The zero-order chi connectivity index (χ0) is 31.8. The summed E-state index contributed by atoms with van der Waals surface area (Å²) in [6, 6.07) is 6.66. The number of halogens is 3. The highest BCUT2D eigenvalue weighted by Gasteiger charge is 2.39. The highest BCUT2D eigenvalue weighted by atomic mass is 35.5. The number of fused-ring (bicyclic) bond motifs is 1. The van der Waals surface area contributed by atoms with Crippen LogP contribution in [0.3, 0.4) is 0 Å². The van der Waals surface area contributed by atoms with E-state index in [0.717, 1.165) is 0 Å². The maximum Gasteiger partial charge on any atom is 0.274 e. The van der Waals surface area contributed by atoms with Gasteiger partial charge in [0, 0.05) is 56.0 Å². The summed E-state index contributed by atoms with van der Waals surface area (Å²) in [5, 5.41) is 14.8. The molecule has 3 aliphatic heterocycles. The van der Waals surface area contributed by atoms with Crippen molar-refractivity contribution >= 4 is 58.4 Å². The second-order valence-electron chi connectivity index (χ2n) is 11.2. The van der Waals surface area contributed by atoms with Gasteiger partial charge in [-0.1, -0.05) is 29.3 Å². The number of H-pyrrole nitrogens is 1. The highest BCUT2D eigenvalue weighted by molar-refractivity contribution is 6.40. The number of carbonyl (C=O) groups is 5. The molecule has 4 heterocycles. The Morgan fingerprint density at radius 2 is 1.78 bits per heavy atom. The Bertz CT molecular complexity index is 1700. The summed E-state index contributed by atoms with van der Waals surface area (Å²) in [7, 11) is 0. The van der Waals surface area contributed by atoms with Crippen molar-refractivity contribution < 1.29 is 28.4 Å². The van der Waals surface area contributed by atoms with Crippen LogP contribution in [0.1, 0.15) is 68.0 Å². The molecule has 2 saturated heterocycles. The molecule has 45 heavy (non-hydrogen) atoms. The number of piperidine rings is 2. The normalized spacial score (nSPS) is 19.0. The molecular weight excluding hydrogens is 628 g/mol. The van der Waals surface area contributed by atoms with Crippen LogP contribution >= 0.6 is 23.2 Å². The minimum atomic E-state index is -0.766. The summed E-state index contributed by atoms with van der Waals surface area (Å²) >= 11 is 12.3. The summed E-state index contributed by atoms with van der Waals surface area (Å²) in [4.78, 5) is 66.1. The summed E-state index contributed by atoms with van der Waals surface area (Å²) < 4.78 is 15.1. The predicted octanol–water partition coefficient (Wildman–Crippen LogP) is 3.26. The van der Waals surface area contributed by atoms with E-state index >= 15 is 4.39 Å². The average molecular weight is 657 g/mol. The van der Waals surface area contributed by atoms with E-state index in [4.69, 9.17) is 23.2 Å². The summed E-state index contributed by atoms with van der Waals surface area (Å²) in [5.74, 6) is -2.86. The van der Waals surface area contributed by atoms with Gasteiger partial charge in [-0.05, 0) is 49.1 Å². The van der Waals surface area contributed by atoms with Gasteiger partial charge < -0.3 is 15.5 Å². The summed E-state index contributed by atoms with van der Waals surface area (Å²) in [6.45, 7) is 1.64. The number of rotatable bonds is 7. The molecule has 2 fully saturated rings. The third-order valence-corrected chi connectivity index (χ3v) is 8.93. The van der Waals surface area contributed by atoms with Crippen LogP contribution in [0.5, 0.6) is 0 Å². The Balaban J connectivity index is 1.03. The van der Waals surface area contributed by atoms with E-state index in [1.54, 1.807) is 12.1 Å². The minimum absolute atomic E-state index is 0.00932. The Morgan fingerprint density at radius 1 is 1.04 bits per heavy atom. The largest absolute Gasteiger partial charge is 0.348 e. The fourth-order valence-corrected chi connectivity index (χ4v) is 6.52. The molecule has 3 aliphatic rings. The van der Waals surface area contributed by atoms with E-state index in [1.807, 2.05) is 0 Å². The van der Waals surface area contributed by atoms with Crippen molar-refractivity contribution in [3.8, 4) is 0 Å². The fourth-order valence-electron chi connectivity index (χ4n) is 5.95. The predicted molar refractivity (Wildman–Crippen MR) is 161 cm³/mol. The van der Waals surface area contributed by atoms with Crippen molar-refractivity contribution in [1.82, 2.24) is 30.6 Å². The maximum absolute atomic E-state index is 15.1. The van der Waals surface area contributed by atoms with Gasteiger partial charge in [-0.3, -0.25) is 39.3 Å². The zero-order valence-corrected chi connectivity index (χ0v) is 25.3. The lowest BCUT2D eigenvalue weighted by atomic mass is 10.0. The van der Waals surface area contributed by atoms with Crippen molar-refractivity contribution in [2.24, 2.45) is 0 Å². The highest BCUT2D eigenvalue weighted by Crippen LogP contribution is 2.31. The van der Waals surface area contributed by atoms with Crippen LogP contribution in [0.25, 0.3) is 0 Å². The second kappa shape index (κ2) is 12.6. The van der Waals surface area contributed by atoms with Gasteiger partial charge >= 0.3 is 0 Å². The van der Waals surface area contributed by atoms with Gasteiger partial charge in [0.25, 0.3) is 17.7 Å². The standard InChI is InChI=1S/C30H28Cl2FN7O5/c31-19-2-1-3-20(32)25(19)28(43)36-22-12-34-38-26(22)29(44)35-17-6-8-39(9-7-17)13-16-10-15-14-40(30(45)18(15)11-21(16)33)23-4-5-24(41)37-27(23)42/h1-3,10-12,17,23H,4-9,13-14H2,(H,34,38)(H,35,44)(H,36,43)(H,37,41,42). The quantitative estimate of drug-likeness (QED) is 0.285. The Labute approximate surface area is 266 Å². The van der Waals surface area contributed by atoms with E-state index in [9.17, 15) is 24.0 Å². The number of nitrogens with one attached hydrogen (secondary N) is 4. The first kappa shape index (κ1) is 30.7. The molecule has 234 valence electrons. The van der Waals surface area contributed by atoms with Crippen LogP contribution in [0, 0.1) is 5.82 Å². The van der Waals surface area contributed by atoms with E-state index in [-0.39, 0.29) is 63.9 Å². The Hall–Kier alpha value is -4.33. The molecule has 15 heteroatoms. The topological polar surface area (TPSA) is 157 Å². The maximum atomic E-state index is 15.1. The van der Waals surface area contributed by atoms with Crippen molar-refractivity contribution in [2.75, 3.05) is 18.4 Å². The van der Waals surface area contributed by atoms with Crippen LogP contribution in [0.2, 0.25) is 10.0 Å². The molecule has 0 radical (unpaired) electrons. The monoisotopic (exact) mass is 655 g/mol. The number of nitrogens with zero attached hydrogens (tertiary/aromatic N) is 3. The third kappa shape index (κ3) is 6.28. The van der Waals surface area contributed by atoms with Gasteiger partial charge in [0.05, 0.1) is 21.3 Å². The Morgan fingerprint density at radius 3 is 2.49 bits per heavy atom. The molecule has 4 N–H and O–H groups in total. The van der Waals surface area contributed by atoms with Gasteiger partial charge in [-0.2, -0.15) is 5.10 Å². The fraction of sp³-hybridized carbons (Fsp3) is 0.333. The third-order valence-electron chi connectivity index (χ3n) is 8.30. The van der Waals surface area contributed by atoms with Crippen LogP contribution < -0.4 is 16.0 Å². The number of hydrogen-bond donors (Lipinski definition) is 4. The summed E-state index contributed by atoms with van der Waals surface area (Å²) in [5.41, 5.74) is 1.57. The first-order chi connectivity index (χ1) is 21.6. The molecule has 1 unspecified atom stereocenters. The molecule has 0 bridgehead atoms. The number of imide groups is 1. The van der Waals surface area contributed by atoms with Gasteiger partial charge in [0.15, 0.2) is 5.69 Å². The molecule has 1 atom stereocenters. The van der Waals surface area contributed by atoms with Crippen molar-refractivity contribution in [3.63, 3.8) is 0 Å². The number of benzene rings is 2. The first-order valence-corrected chi connectivity index (χ1v) is 15.1. The lowest BCUT2D eigenvalue weighted by Gasteiger charge is -2.32. The van der Waals surface area contributed by atoms with Gasteiger partial charge in [-0.15, -0.1) is 0 Å². The molecule has 6 rings (SSSR count). The number of aromatic amines is 1. The van der Waals surface area contributed by atoms with Crippen LogP contribution in [0.4, 0.5) is 10.1 Å².